The van der Waals surface area contributed by atoms with Crippen LogP contribution in [0.25, 0.3) is 0 Å². The molecule has 6 rings (SSSR count). The molecule has 0 bridgehead atoms. The Balaban J connectivity index is 1.15. The van der Waals surface area contributed by atoms with Crippen LogP contribution in [0.5, 0.6) is 0 Å². The lowest BCUT2D eigenvalue weighted by atomic mass is 9.73. The lowest BCUT2D eigenvalue weighted by Crippen LogP contribution is -2.59. The second-order valence-corrected chi connectivity index (χ2v) is 13.1. The number of aryl methyl sites for hydroxylation is 1. The summed E-state index contributed by atoms with van der Waals surface area (Å²) >= 11 is 0. The molecule has 42 heavy (non-hydrogen) atoms. The first-order valence-electron chi connectivity index (χ1n) is 16.1. The fraction of sp³-hybridized carbons (Fsp3) is 0.486. The molecule has 2 heterocycles. The number of hydrogen-bond acceptors (Lipinski definition) is 4. The van der Waals surface area contributed by atoms with Gasteiger partial charge in [0.15, 0.2) is 0 Å². The molecule has 3 aromatic carbocycles. The number of hydrogen-bond donors (Lipinski definition) is 0. The van der Waals surface area contributed by atoms with Crippen LogP contribution in [-0.4, -0.2) is 79.1 Å². The number of anilines is 1. The predicted molar refractivity (Wildman–Crippen MR) is 173 cm³/mol. The first-order valence-corrected chi connectivity index (χ1v) is 16.1. The zero-order valence-electron chi connectivity index (χ0n) is 25.6. The van der Waals surface area contributed by atoms with Gasteiger partial charge in [0, 0.05) is 38.4 Å². The Morgan fingerprint density at radius 2 is 1.50 bits per heavy atom. The summed E-state index contributed by atoms with van der Waals surface area (Å²) in [6, 6.07) is 33.2. The van der Waals surface area contributed by atoms with Crippen molar-refractivity contribution in [2.45, 2.75) is 62.4 Å². The Morgan fingerprint density at radius 1 is 0.857 bits per heavy atom. The van der Waals surface area contributed by atoms with Crippen LogP contribution < -0.4 is 4.90 Å². The molecule has 2 aliphatic heterocycles. The quantitative estimate of drug-likeness (QED) is 0.306. The lowest BCUT2D eigenvalue weighted by molar-refractivity contribution is -0.132. The maximum absolute atomic E-state index is 13.7. The van der Waals surface area contributed by atoms with Crippen LogP contribution in [0.15, 0.2) is 91.0 Å². The van der Waals surface area contributed by atoms with Crippen LogP contribution in [-0.2, 0) is 11.2 Å². The van der Waals surface area contributed by atoms with Gasteiger partial charge in [0.2, 0.25) is 5.91 Å². The van der Waals surface area contributed by atoms with Crippen molar-refractivity contribution in [1.82, 2.24) is 14.7 Å². The number of piperidine rings is 1. The molecule has 0 aromatic heterocycles. The highest BCUT2D eigenvalue weighted by Gasteiger charge is 2.53. The summed E-state index contributed by atoms with van der Waals surface area (Å²) in [5.74, 6) is 1.58. The molecular formula is C37H48N4O. The molecule has 1 aliphatic carbocycles. The first kappa shape index (κ1) is 28.9. The molecule has 3 aromatic rings. The van der Waals surface area contributed by atoms with Crippen molar-refractivity contribution < 1.29 is 4.79 Å². The highest BCUT2D eigenvalue weighted by atomic mass is 16.2. The van der Waals surface area contributed by atoms with Crippen molar-refractivity contribution >= 4 is 11.6 Å². The minimum atomic E-state index is -0.413. The lowest BCUT2D eigenvalue weighted by Gasteiger charge is -2.49. The van der Waals surface area contributed by atoms with E-state index in [0.717, 1.165) is 45.4 Å². The third-order valence-electron chi connectivity index (χ3n) is 10.4. The molecule has 222 valence electrons. The average molecular weight is 565 g/mol. The smallest absolute Gasteiger partial charge is 0.249 e. The van der Waals surface area contributed by atoms with E-state index in [0.29, 0.717) is 30.5 Å². The van der Waals surface area contributed by atoms with Gasteiger partial charge < -0.3 is 14.7 Å². The number of likely N-dealkylation sites (N-methyl/N-ethyl adjacent to an activating group) is 1. The fourth-order valence-corrected chi connectivity index (χ4v) is 8.12. The second-order valence-electron chi connectivity index (χ2n) is 13.1. The number of amides is 1. The summed E-state index contributed by atoms with van der Waals surface area (Å²) in [6.07, 6.45) is 7.90. The van der Waals surface area contributed by atoms with Crippen molar-refractivity contribution in [2.24, 2.45) is 5.92 Å². The average Bonchev–Trinajstić information content (AvgIpc) is 3.28. The topological polar surface area (TPSA) is 30.0 Å². The van der Waals surface area contributed by atoms with Gasteiger partial charge in [-0.05, 0) is 93.6 Å². The van der Waals surface area contributed by atoms with E-state index in [9.17, 15) is 4.79 Å². The van der Waals surface area contributed by atoms with E-state index < -0.39 is 5.54 Å². The number of carbonyl (C=O) groups is 1. The molecular weight excluding hydrogens is 516 g/mol. The van der Waals surface area contributed by atoms with Gasteiger partial charge >= 0.3 is 0 Å². The van der Waals surface area contributed by atoms with Gasteiger partial charge in [-0.25, -0.2) is 0 Å². The Hall–Kier alpha value is -3.15. The normalized spacial score (nSPS) is 24.5. The van der Waals surface area contributed by atoms with E-state index in [1.54, 1.807) is 0 Å². The van der Waals surface area contributed by atoms with Crippen molar-refractivity contribution in [2.75, 3.05) is 51.8 Å². The Labute approximate surface area is 253 Å². The van der Waals surface area contributed by atoms with Crippen LogP contribution >= 0.6 is 0 Å². The third kappa shape index (κ3) is 6.14. The molecule has 0 radical (unpaired) electrons. The number of rotatable bonds is 9. The molecule has 0 N–H and O–H groups in total. The summed E-state index contributed by atoms with van der Waals surface area (Å²) < 4.78 is 0. The molecule has 1 amide bonds. The maximum atomic E-state index is 13.7. The number of likely N-dealkylation sites (tertiary alicyclic amines) is 1. The van der Waals surface area contributed by atoms with Gasteiger partial charge in [0.25, 0.3) is 0 Å². The van der Waals surface area contributed by atoms with Crippen molar-refractivity contribution in [1.29, 1.82) is 0 Å². The highest BCUT2D eigenvalue weighted by molar-refractivity contribution is 5.93. The van der Waals surface area contributed by atoms with Crippen LogP contribution in [0.3, 0.4) is 0 Å². The molecule has 1 saturated carbocycles. The maximum Gasteiger partial charge on any atom is 0.249 e. The van der Waals surface area contributed by atoms with E-state index in [4.69, 9.17) is 0 Å². The van der Waals surface area contributed by atoms with Crippen molar-refractivity contribution in [3.63, 3.8) is 0 Å². The van der Waals surface area contributed by atoms with Gasteiger partial charge in [-0.1, -0.05) is 78.9 Å². The zero-order chi connectivity index (χ0) is 28.9. The van der Waals surface area contributed by atoms with Gasteiger partial charge in [0.1, 0.15) is 5.54 Å². The van der Waals surface area contributed by atoms with Crippen molar-refractivity contribution in [3.05, 3.63) is 102 Å². The van der Waals surface area contributed by atoms with E-state index >= 15 is 0 Å². The van der Waals surface area contributed by atoms with Gasteiger partial charge in [-0.15, -0.1) is 0 Å². The molecule has 5 nitrogen and oxygen atoms in total. The number of carbonyl (C=O) groups excluding carboxylic acids is 1. The minimum Gasteiger partial charge on any atom is -0.339 e. The van der Waals surface area contributed by atoms with E-state index in [1.165, 1.54) is 42.5 Å². The second kappa shape index (κ2) is 13.0. The molecule has 2 saturated heterocycles. The molecule has 1 spiro atoms. The van der Waals surface area contributed by atoms with Crippen LogP contribution in [0, 0.1) is 5.92 Å². The Kier molecular flexibility index (Phi) is 8.97. The molecule has 3 aliphatic rings. The van der Waals surface area contributed by atoms with Gasteiger partial charge in [-0.2, -0.15) is 0 Å². The van der Waals surface area contributed by atoms with Crippen LogP contribution in [0.4, 0.5) is 5.69 Å². The summed E-state index contributed by atoms with van der Waals surface area (Å²) in [6.45, 7) is 4.95. The minimum absolute atomic E-state index is 0.298. The number of para-hydroxylation sites is 1. The van der Waals surface area contributed by atoms with Gasteiger partial charge in [0.05, 0.1) is 6.67 Å². The highest BCUT2D eigenvalue weighted by Crippen LogP contribution is 2.43. The van der Waals surface area contributed by atoms with Crippen molar-refractivity contribution in [3.8, 4) is 0 Å². The largest absolute Gasteiger partial charge is 0.339 e. The van der Waals surface area contributed by atoms with Gasteiger partial charge in [-0.3, -0.25) is 9.69 Å². The standard InChI is InChI=1S/C37H48N4O/c1-38(24-12-15-30-13-6-3-7-14-30)28-33-21-20-32(31-16-8-4-9-17-31)27-35(33)40-25-22-37(23-26-40)36(42)39(2)29-41(37)34-18-10-5-11-19-34/h3-11,13-14,16-19,32-33,35H,12,15,20-29H2,1-2H3. The van der Waals surface area contributed by atoms with E-state index in [1.807, 2.05) is 11.9 Å². The molecule has 3 unspecified atom stereocenters. The molecule has 5 heteroatoms. The predicted octanol–water partition coefficient (Wildman–Crippen LogP) is 6.27. The fourth-order valence-electron chi connectivity index (χ4n) is 8.12. The first-order chi connectivity index (χ1) is 20.5. The Morgan fingerprint density at radius 3 is 2.19 bits per heavy atom. The summed E-state index contributed by atoms with van der Waals surface area (Å²) in [4.78, 5) is 23.3. The third-order valence-corrected chi connectivity index (χ3v) is 10.4. The number of nitrogens with zero attached hydrogens (tertiary/aromatic N) is 4. The SMILES string of the molecule is CN(CCCc1ccccc1)CC1CCC(c2ccccc2)CC1N1CCC2(CC1)C(=O)N(C)CN2c1ccccc1. The Bertz CT molecular complexity index is 1270. The summed E-state index contributed by atoms with van der Waals surface area (Å²) in [7, 11) is 4.29. The molecule has 3 fully saturated rings. The monoisotopic (exact) mass is 564 g/mol. The van der Waals surface area contributed by atoms with Crippen LogP contribution in [0.1, 0.15) is 55.6 Å². The zero-order valence-corrected chi connectivity index (χ0v) is 25.6. The van der Waals surface area contributed by atoms with E-state index in [2.05, 4.69) is 113 Å². The molecule has 3 atom stereocenters. The van der Waals surface area contributed by atoms with E-state index in [-0.39, 0.29) is 0 Å². The summed E-state index contributed by atoms with van der Waals surface area (Å²) in [5.41, 5.74) is 3.68. The number of benzene rings is 3. The summed E-state index contributed by atoms with van der Waals surface area (Å²) in [5, 5.41) is 0. The van der Waals surface area contributed by atoms with Crippen LogP contribution in [0.2, 0.25) is 0 Å².